The van der Waals surface area contributed by atoms with Crippen LogP contribution in [0.15, 0.2) is 27.9 Å². The number of benzene rings is 1. The first-order chi connectivity index (χ1) is 9.17. The third kappa shape index (κ3) is 2.87. The molecule has 1 aromatic carbocycles. The Morgan fingerprint density at radius 2 is 2.21 bits per heavy atom. The summed E-state index contributed by atoms with van der Waals surface area (Å²) in [4.78, 5) is 16.4. The molecule has 0 spiro atoms. The highest BCUT2D eigenvalue weighted by Crippen LogP contribution is 2.24. The predicted octanol–water partition coefficient (Wildman–Crippen LogP) is 4.22. The van der Waals surface area contributed by atoms with Gasteiger partial charge in [-0.25, -0.2) is 9.78 Å². The molecule has 0 saturated carbocycles. The van der Waals surface area contributed by atoms with E-state index in [4.69, 9.17) is 16.0 Å². The minimum Gasteiger partial charge on any atom is -0.408 e. The van der Waals surface area contributed by atoms with Gasteiger partial charge in [0, 0.05) is 17.0 Å². The van der Waals surface area contributed by atoms with Gasteiger partial charge >= 0.3 is 5.63 Å². The van der Waals surface area contributed by atoms with E-state index in [2.05, 4.69) is 18.5 Å². The van der Waals surface area contributed by atoms with Crippen LogP contribution in [0.3, 0.4) is 0 Å². The summed E-state index contributed by atoms with van der Waals surface area (Å²) in [6.45, 7) is 5.80. The van der Waals surface area contributed by atoms with Crippen LogP contribution >= 0.6 is 11.6 Å². The molecule has 0 aliphatic rings. The standard InChI is InChI=1S/C15H16ClNO2/c1-3-5-6-7-13-17-12-9-8-11(16)10(4-2)14(12)15(18)19-13/h4,8-9H,2-3,5-7H2,1H3. The van der Waals surface area contributed by atoms with E-state index in [-0.39, 0.29) is 0 Å². The lowest BCUT2D eigenvalue weighted by molar-refractivity contribution is 0.435. The topological polar surface area (TPSA) is 43.1 Å². The zero-order chi connectivity index (χ0) is 13.8. The van der Waals surface area contributed by atoms with Crippen LogP contribution in [0.25, 0.3) is 17.0 Å². The molecule has 1 aromatic heterocycles. The predicted molar refractivity (Wildman–Crippen MR) is 78.6 cm³/mol. The number of hydrogen-bond donors (Lipinski definition) is 0. The molecule has 4 heteroatoms. The van der Waals surface area contributed by atoms with Crippen LogP contribution in [0.1, 0.15) is 37.6 Å². The van der Waals surface area contributed by atoms with Gasteiger partial charge in [-0.3, -0.25) is 0 Å². The first-order valence-corrected chi connectivity index (χ1v) is 6.79. The maximum absolute atomic E-state index is 12.1. The summed E-state index contributed by atoms with van der Waals surface area (Å²) in [7, 11) is 0. The van der Waals surface area contributed by atoms with E-state index < -0.39 is 5.63 Å². The Morgan fingerprint density at radius 3 is 2.89 bits per heavy atom. The van der Waals surface area contributed by atoms with E-state index in [0.717, 1.165) is 19.3 Å². The molecule has 0 saturated heterocycles. The Bertz CT molecular complexity index is 661. The van der Waals surface area contributed by atoms with Crippen LogP contribution in [-0.2, 0) is 6.42 Å². The number of nitrogens with zero attached hydrogens (tertiary/aromatic N) is 1. The second-order valence-electron chi connectivity index (χ2n) is 4.41. The van der Waals surface area contributed by atoms with Gasteiger partial charge in [-0.05, 0) is 18.6 Å². The highest BCUT2D eigenvalue weighted by atomic mass is 35.5. The number of fused-ring (bicyclic) bond motifs is 1. The maximum atomic E-state index is 12.1. The van der Waals surface area contributed by atoms with Crippen molar-refractivity contribution >= 4 is 28.6 Å². The van der Waals surface area contributed by atoms with Crippen LogP contribution in [-0.4, -0.2) is 4.98 Å². The average molecular weight is 278 g/mol. The molecule has 0 aliphatic heterocycles. The van der Waals surface area contributed by atoms with E-state index in [1.54, 1.807) is 18.2 Å². The number of aryl methyl sites for hydroxylation is 1. The van der Waals surface area contributed by atoms with Crippen molar-refractivity contribution in [1.82, 2.24) is 4.98 Å². The molecule has 0 atom stereocenters. The molecule has 0 unspecified atom stereocenters. The van der Waals surface area contributed by atoms with Crippen molar-refractivity contribution in [2.45, 2.75) is 32.6 Å². The maximum Gasteiger partial charge on any atom is 0.347 e. The van der Waals surface area contributed by atoms with Crippen molar-refractivity contribution in [3.05, 3.63) is 45.6 Å². The van der Waals surface area contributed by atoms with Gasteiger partial charge in [0.15, 0.2) is 5.89 Å². The van der Waals surface area contributed by atoms with Crippen molar-refractivity contribution in [2.24, 2.45) is 0 Å². The number of unbranched alkanes of at least 4 members (excludes halogenated alkanes) is 2. The fraction of sp³-hybridized carbons (Fsp3) is 0.333. The first-order valence-electron chi connectivity index (χ1n) is 6.42. The van der Waals surface area contributed by atoms with Gasteiger partial charge in [0.2, 0.25) is 0 Å². The minimum absolute atomic E-state index is 0.395. The Labute approximate surface area is 116 Å². The third-order valence-corrected chi connectivity index (χ3v) is 3.36. The van der Waals surface area contributed by atoms with E-state index >= 15 is 0 Å². The highest BCUT2D eigenvalue weighted by molar-refractivity contribution is 6.33. The summed E-state index contributed by atoms with van der Waals surface area (Å²) in [5.41, 5.74) is 0.802. The smallest absolute Gasteiger partial charge is 0.347 e. The van der Waals surface area contributed by atoms with E-state index in [1.807, 2.05) is 0 Å². The molecule has 100 valence electrons. The summed E-state index contributed by atoms with van der Waals surface area (Å²) in [5, 5.41) is 0.886. The summed E-state index contributed by atoms with van der Waals surface area (Å²) in [5.74, 6) is 0.489. The van der Waals surface area contributed by atoms with Gasteiger partial charge < -0.3 is 4.42 Å². The van der Waals surface area contributed by atoms with Crippen LogP contribution in [0.5, 0.6) is 0 Å². The molecule has 0 bridgehead atoms. The zero-order valence-corrected chi connectivity index (χ0v) is 11.7. The van der Waals surface area contributed by atoms with E-state index in [0.29, 0.717) is 33.8 Å². The number of halogens is 1. The molecule has 0 fully saturated rings. The number of aromatic nitrogens is 1. The first kappa shape index (κ1) is 13.8. The van der Waals surface area contributed by atoms with Crippen LogP contribution in [0.2, 0.25) is 5.02 Å². The molecule has 2 aromatic rings. The molecule has 0 amide bonds. The van der Waals surface area contributed by atoms with E-state index in [1.165, 1.54) is 0 Å². The lowest BCUT2D eigenvalue weighted by Crippen LogP contribution is -2.07. The summed E-state index contributed by atoms with van der Waals surface area (Å²) in [6.07, 6.45) is 5.43. The zero-order valence-electron chi connectivity index (χ0n) is 10.9. The van der Waals surface area contributed by atoms with Crippen LogP contribution in [0.4, 0.5) is 0 Å². The Morgan fingerprint density at radius 1 is 1.42 bits per heavy atom. The third-order valence-electron chi connectivity index (χ3n) is 3.03. The van der Waals surface area contributed by atoms with Gasteiger partial charge in [-0.2, -0.15) is 0 Å². The molecule has 0 N–H and O–H groups in total. The Balaban J connectivity index is 2.50. The molecule has 3 nitrogen and oxygen atoms in total. The lowest BCUT2D eigenvalue weighted by atomic mass is 10.1. The monoisotopic (exact) mass is 277 g/mol. The van der Waals surface area contributed by atoms with Gasteiger partial charge in [0.05, 0.1) is 10.9 Å². The molecule has 2 rings (SSSR count). The van der Waals surface area contributed by atoms with Crippen molar-refractivity contribution < 1.29 is 4.42 Å². The van der Waals surface area contributed by atoms with Gasteiger partial charge in [-0.15, -0.1) is 0 Å². The largest absolute Gasteiger partial charge is 0.408 e. The molecule has 0 aliphatic carbocycles. The molecular formula is C15H16ClNO2. The van der Waals surface area contributed by atoms with Gasteiger partial charge in [0.25, 0.3) is 0 Å². The minimum atomic E-state index is -0.395. The quantitative estimate of drug-likeness (QED) is 0.769. The van der Waals surface area contributed by atoms with Crippen LogP contribution < -0.4 is 5.63 Å². The summed E-state index contributed by atoms with van der Waals surface area (Å²) >= 11 is 6.04. The van der Waals surface area contributed by atoms with Crippen molar-refractivity contribution in [2.75, 3.05) is 0 Å². The number of hydrogen-bond acceptors (Lipinski definition) is 3. The van der Waals surface area contributed by atoms with Gasteiger partial charge in [0.1, 0.15) is 0 Å². The van der Waals surface area contributed by atoms with E-state index in [9.17, 15) is 4.79 Å². The summed E-state index contributed by atoms with van der Waals surface area (Å²) < 4.78 is 5.26. The Hall–Kier alpha value is -1.61. The number of rotatable bonds is 5. The molecule has 19 heavy (non-hydrogen) atoms. The lowest BCUT2D eigenvalue weighted by Gasteiger charge is -2.05. The second-order valence-corrected chi connectivity index (χ2v) is 4.82. The molecule has 0 radical (unpaired) electrons. The summed E-state index contributed by atoms with van der Waals surface area (Å²) in [6, 6.07) is 3.47. The molecule has 1 heterocycles. The van der Waals surface area contributed by atoms with Gasteiger partial charge in [-0.1, -0.05) is 44.0 Å². The fourth-order valence-corrected chi connectivity index (χ4v) is 2.27. The SMILES string of the molecule is C=Cc1c(Cl)ccc2nc(CCCCC)oc(=O)c12. The average Bonchev–Trinajstić information content (AvgIpc) is 2.39. The second kappa shape index (κ2) is 6.02. The van der Waals surface area contributed by atoms with Crippen LogP contribution in [0, 0.1) is 0 Å². The van der Waals surface area contributed by atoms with Crippen molar-refractivity contribution in [3.8, 4) is 0 Å². The Kier molecular flexibility index (Phi) is 4.38. The normalized spacial score (nSPS) is 10.8. The highest BCUT2D eigenvalue weighted by Gasteiger charge is 2.11. The molecular weight excluding hydrogens is 262 g/mol. The van der Waals surface area contributed by atoms with Crippen molar-refractivity contribution in [3.63, 3.8) is 0 Å². The fourth-order valence-electron chi connectivity index (χ4n) is 2.04. The van der Waals surface area contributed by atoms with Crippen molar-refractivity contribution in [1.29, 1.82) is 0 Å².